The molecule has 6 heteroatoms. The zero-order valence-electron chi connectivity index (χ0n) is 12.2. The van der Waals surface area contributed by atoms with Crippen LogP contribution in [0.4, 0.5) is 5.13 Å². The summed E-state index contributed by atoms with van der Waals surface area (Å²) < 4.78 is 0. The third-order valence-corrected chi connectivity index (χ3v) is 4.64. The second-order valence-electron chi connectivity index (χ2n) is 5.16. The van der Waals surface area contributed by atoms with Crippen LogP contribution in [0.5, 0.6) is 0 Å². The molecule has 1 aliphatic heterocycles. The molecule has 114 valence electrons. The van der Waals surface area contributed by atoms with E-state index >= 15 is 0 Å². The van der Waals surface area contributed by atoms with Gasteiger partial charge in [0, 0.05) is 11.3 Å². The van der Waals surface area contributed by atoms with Crippen molar-refractivity contribution < 1.29 is 4.79 Å². The van der Waals surface area contributed by atoms with E-state index in [1.54, 1.807) is 11.3 Å². The summed E-state index contributed by atoms with van der Waals surface area (Å²) in [5.41, 5.74) is 1.10. The number of hydrogen-bond donors (Lipinski definition) is 2. The van der Waals surface area contributed by atoms with Crippen LogP contribution in [-0.2, 0) is 11.2 Å². The molecular weight excluding hydrogens is 294 g/mol. The van der Waals surface area contributed by atoms with Crippen LogP contribution in [0.2, 0.25) is 0 Å². The standard InChI is InChI=1S/C14H23N3OS.ClH/c1-3-12-10(2)19-14(16-12)17-13(18)5-4-11-6-8-15-9-7-11;/h11,15H,3-9H2,1-2H3,(H,16,17,18);1H. The van der Waals surface area contributed by atoms with Crippen molar-refractivity contribution in [2.75, 3.05) is 18.4 Å². The van der Waals surface area contributed by atoms with Gasteiger partial charge in [-0.05, 0) is 51.6 Å². The molecule has 1 saturated heterocycles. The molecule has 1 aromatic heterocycles. The predicted octanol–water partition coefficient (Wildman–Crippen LogP) is 3.15. The van der Waals surface area contributed by atoms with Crippen molar-refractivity contribution in [3.63, 3.8) is 0 Å². The van der Waals surface area contributed by atoms with Crippen molar-refractivity contribution in [3.8, 4) is 0 Å². The summed E-state index contributed by atoms with van der Waals surface area (Å²) in [5.74, 6) is 0.811. The number of aryl methyl sites for hydroxylation is 2. The molecule has 2 heterocycles. The van der Waals surface area contributed by atoms with Crippen molar-refractivity contribution in [1.29, 1.82) is 0 Å². The van der Waals surface area contributed by atoms with Crippen LogP contribution >= 0.6 is 23.7 Å². The number of amides is 1. The summed E-state index contributed by atoms with van der Waals surface area (Å²) >= 11 is 1.58. The molecule has 1 fully saturated rings. The Bertz CT molecular complexity index is 430. The van der Waals surface area contributed by atoms with Crippen LogP contribution in [0, 0.1) is 12.8 Å². The maximum Gasteiger partial charge on any atom is 0.226 e. The van der Waals surface area contributed by atoms with E-state index in [0.717, 1.165) is 36.8 Å². The first-order valence-electron chi connectivity index (χ1n) is 7.16. The van der Waals surface area contributed by atoms with E-state index in [1.807, 2.05) is 0 Å². The van der Waals surface area contributed by atoms with Crippen LogP contribution in [0.15, 0.2) is 0 Å². The van der Waals surface area contributed by atoms with Gasteiger partial charge in [-0.15, -0.1) is 23.7 Å². The van der Waals surface area contributed by atoms with Gasteiger partial charge < -0.3 is 10.6 Å². The third-order valence-electron chi connectivity index (χ3n) is 3.71. The van der Waals surface area contributed by atoms with Crippen molar-refractivity contribution in [2.45, 2.75) is 46.0 Å². The number of anilines is 1. The number of piperidine rings is 1. The molecule has 0 unspecified atom stereocenters. The Kier molecular flexibility index (Phi) is 7.48. The fourth-order valence-electron chi connectivity index (χ4n) is 2.50. The molecule has 1 aliphatic rings. The zero-order chi connectivity index (χ0) is 13.7. The van der Waals surface area contributed by atoms with Gasteiger partial charge in [0.25, 0.3) is 0 Å². The molecule has 0 spiro atoms. The molecule has 2 rings (SSSR count). The number of carbonyl (C=O) groups excluding carboxylic acids is 1. The summed E-state index contributed by atoms with van der Waals surface area (Å²) in [7, 11) is 0. The largest absolute Gasteiger partial charge is 0.317 e. The Hall–Kier alpha value is -0.650. The van der Waals surface area contributed by atoms with E-state index in [-0.39, 0.29) is 18.3 Å². The average molecular weight is 318 g/mol. The Morgan fingerprint density at radius 2 is 2.15 bits per heavy atom. The maximum absolute atomic E-state index is 11.9. The number of aromatic nitrogens is 1. The second-order valence-corrected chi connectivity index (χ2v) is 6.36. The Morgan fingerprint density at radius 1 is 1.45 bits per heavy atom. The van der Waals surface area contributed by atoms with Gasteiger partial charge in [0.15, 0.2) is 5.13 Å². The molecule has 0 radical (unpaired) electrons. The van der Waals surface area contributed by atoms with Crippen LogP contribution < -0.4 is 10.6 Å². The van der Waals surface area contributed by atoms with E-state index in [4.69, 9.17) is 0 Å². The number of thiazole rings is 1. The van der Waals surface area contributed by atoms with E-state index in [9.17, 15) is 4.79 Å². The second kappa shape index (κ2) is 8.60. The maximum atomic E-state index is 11.9. The van der Waals surface area contributed by atoms with Crippen molar-refractivity contribution >= 4 is 34.8 Å². The van der Waals surface area contributed by atoms with Crippen molar-refractivity contribution in [2.24, 2.45) is 5.92 Å². The summed E-state index contributed by atoms with van der Waals surface area (Å²) in [6, 6.07) is 0. The van der Waals surface area contributed by atoms with E-state index in [1.165, 1.54) is 17.7 Å². The molecule has 2 N–H and O–H groups in total. The normalized spacial score (nSPS) is 15.7. The minimum atomic E-state index is 0. The fourth-order valence-corrected chi connectivity index (χ4v) is 3.42. The third kappa shape index (κ3) is 5.04. The lowest BCUT2D eigenvalue weighted by Gasteiger charge is -2.21. The first kappa shape index (κ1) is 17.4. The number of nitrogens with one attached hydrogen (secondary N) is 2. The first-order valence-corrected chi connectivity index (χ1v) is 7.97. The Labute approximate surface area is 131 Å². The molecule has 0 bridgehead atoms. The Morgan fingerprint density at radius 3 is 2.75 bits per heavy atom. The number of hydrogen-bond acceptors (Lipinski definition) is 4. The highest BCUT2D eigenvalue weighted by atomic mass is 35.5. The van der Waals surface area contributed by atoms with Gasteiger partial charge in [-0.25, -0.2) is 4.98 Å². The number of nitrogens with zero attached hydrogens (tertiary/aromatic N) is 1. The topological polar surface area (TPSA) is 54.0 Å². The van der Waals surface area contributed by atoms with E-state index in [0.29, 0.717) is 12.3 Å². The Balaban J connectivity index is 0.00000200. The predicted molar refractivity (Wildman–Crippen MR) is 86.9 cm³/mol. The number of halogens is 1. The summed E-state index contributed by atoms with van der Waals surface area (Å²) in [6.07, 6.45) is 4.93. The molecule has 0 aromatic carbocycles. The molecule has 0 atom stereocenters. The molecule has 1 amide bonds. The molecule has 1 aromatic rings. The highest BCUT2D eigenvalue weighted by Gasteiger charge is 2.15. The highest BCUT2D eigenvalue weighted by molar-refractivity contribution is 7.15. The quantitative estimate of drug-likeness (QED) is 0.877. The minimum Gasteiger partial charge on any atom is -0.317 e. The van der Waals surface area contributed by atoms with Gasteiger partial charge in [-0.2, -0.15) is 0 Å². The van der Waals surface area contributed by atoms with Crippen LogP contribution in [0.3, 0.4) is 0 Å². The first-order chi connectivity index (χ1) is 9.19. The molecule has 20 heavy (non-hydrogen) atoms. The lowest BCUT2D eigenvalue weighted by atomic mass is 9.93. The molecular formula is C14H24ClN3OS. The van der Waals surface area contributed by atoms with Crippen LogP contribution in [0.1, 0.15) is 43.2 Å². The minimum absolute atomic E-state index is 0. The molecule has 4 nitrogen and oxygen atoms in total. The molecule has 0 aliphatic carbocycles. The zero-order valence-corrected chi connectivity index (χ0v) is 13.8. The summed E-state index contributed by atoms with van der Waals surface area (Å²) in [5, 5.41) is 7.03. The number of carbonyl (C=O) groups is 1. The highest BCUT2D eigenvalue weighted by Crippen LogP contribution is 2.23. The van der Waals surface area contributed by atoms with Crippen molar-refractivity contribution in [1.82, 2.24) is 10.3 Å². The number of rotatable bonds is 5. The van der Waals surface area contributed by atoms with E-state index in [2.05, 4.69) is 29.5 Å². The molecule has 0 saturated carbocycles. The van der Waals surface area contributed by atoms with Gasteiger partial charge >= 0.3 is 0 Å². The van der Waals surface area contributed by atoms with Crippen LogP contribution in [0.25, 0.3) is 0 Å². The smallest absolute Gasteiger partial charge is 0.226 e. The van der Waals surface area contributed by atoms with Gasteiger partial charge in [0.2, 0.25) is 5.91 Å². The lowest BCUT2D eigenvalue weighted by Crippen LogP contribution is -2.28. The fraction of sp³-hybridized carbons (Fsp3) is 0.714. The van der Waals surface area contributed by atoms with Crippen molar-refractivity contribution in [3.05, 3.63) is 10.6 Å². The van der Waals surface area contributed by atoms with Crippen LogP contribution in [-0.4, -0.2) is 24.0 Å². The summed E-state index contributed by atoms with van der Waals surface area (Å²) in [6.45, 7) is 6.33. The van der Waals surface area contributed by atoms with E-state index < -0.39 is 0 Å². The van der Waals surface area contributed by atoms with Gasteiger partial charge in [-0.1, -0.05) is 6.92 Å². The lowest BCUT2D eigenvalue weighted by molar-refractivity contribution is -0.116. The van der Waals surface area contributed by atoms with Gasteiger partial charge in [0.05, 0.1) is 5.69 Å². The average Bonchev–Trinajstić information content (AvgIpc) is 2.77. The SMILES string of the molecule is CCc1nc(NC(=O)CCC2CCNCC2)sc1C.Cl. The van der Waals surface area contributed by atoms with Gasteiger partial charge in [0.1, 0.15) is 0 Å². The monoisotopic (exact) mass is 317 g/mol. The summed E-state index contributed by atoms with van der Waals surface area (Å²) in [4.78, 5) is 17.5. The van der Waals surface area contributed by atoms with Gasteiger partial charge in [-0.3, -0.25) is 4.79 Å².